The van der Waals surface area contributed by atoms with Gasteiger partial charge in [-0.2, -0.15) is 0 Å². The van der Waals surface area contributed by atoms with Crippen molar-refractivity contribution in [1.29, 1.82) is 0 Å². The molecule has 5 nitrogen and oxygen atoms in total. The zero-order valence-corrected chi connectivity index (χ0v) is 16.9. The third kappa shape index (κ3) is 5.86. The predicted molar refractivity (Wildman–Crippen MR) is 116 cm³/mol. The quantitative estimate of drug-likeness (QED) is 0.449. The van der Waals surface area contributed by atoms with Crippen LogP contribution in [0.15, 0.2) is 72.0 Å². The number of nitrogens with one attached hydrogen (secondary N) is 2. The van der Waals surface area contributed by atoms with E-state index >= 15 is 0 Å². The first-order valence-corrected chi connectivity index (χ1v) is 9.93. The van der Waals surface area contributed by atoms with E-state index < -0.39 is 0 Å². The number of hydrogen-bond donors (Lipinski definition) is 2. The molecule has 0 saturated heterocycles. The summed E-state index contributed by atoms with van der Waals surface area (Å²) in [5, 5.41) is 7.40. The minimum absolute atomic E-state index is 0.539. The van der Waals surface area contributed by atoms with Crippen LogP contribution in [0.25, 0.3) is 0 Å². The second kappa shape index (κ2) is 10.5. The second-order valence-electron chi connectivity index (χ2n) is 6.42. The van der Waals surface area contributed by atoms with Gasteiger partial charge in [0.1, 0.15) is 5.82 Å². The minimum Gasteiger partial charge on any atom is -0.357 e. The van der Waals surface area contributed by atoms with Crippen LogP contribution >= 0.6 is 11.6 Å². The molecule has 146 valence electrons. The fraction of sp³-hybridized carbons (Fsp3) is 0.273. The number of benzene rings is 2. The molecule has 0 unspecified atom stereocenters. The highest BCUT2D eigenvalue weighted by Crippen LogP contribution is 2.15. The van der Waals surface area contributed by atoms with Crippen LogP contribution in [0.5, 0.6) is 0 Å². The Balaban J connectivity index is 1.56. The Morgan fingerprint density at radius 1 is 1.07 bits per heavy atom. The van der Waals surface area contributed by atoms with Crippen LogP contribution < -0.4 is 10.6 Å². The van der Waals surface area contributed by atoms with Gasteiger partial charge in [0, 0.05) is 43.5 Å². The Kier molecular flexibility index (Phi) is 7.50. The molecule has 0 atom stereocenters. The molecule has 0 aliphatic heterocycles. The molecule has 1 aromatic heterocycles. The van der Waals surface area contributed by atoms with E-state index in [4.69, 9.17) is 11.6 Å². The third-order valence-corrected chi connectivity index (χ3v) is 4.72. The monoisotopic (exact) mass is 395 g/mol. The summed E-state index contributed by atoms with van der Waals surface area (Å²) in [6.07, 6.45) is 4.70. The summed E-state index contributed by atoms with van der Waals surface area (Å²) < 4.78 is 2.19. The van der Waals surface area contributed by atoms with Crippen molar-refractivity contribution in [3.8, 4) is 0 Å². The lowest BCUT2D eigenvalue weighted by molar-refractivity contribution is 0.694. The van der Waals surface area contributed by atoms with Gasteiger partial charge in [-0.15, -0.1) is 0 Å². The largest absolute Gasteiger partial charge is 0.357 e. The molecule has 0 fully saturated rings. The lowest BCUT2D eigenvalue weighted by atomic mass is 10.2. The summed E-state index contributed by atoms with van der Waals surface area (Å²) in [6, 6.07) is 18.2. The van der Waals surface area contributed by atoms with E-state index in [0.717, 1.165) is 48.4 Å². The van der Waals surface area contributed by atoms with Crippen LogP contribution in [0.4, 0.5) is 0 Å². The average Bonchev–Trinajstić information content (AvgIpc) is 3.15. The van der Waals surface area contributed by atoms with Gasteiger partial charge in [-0.1, -0.05) is 60.1 Å². The Hall–Kier alpha value is -2.79. The van der Waals surface area contributed by atoms with E-state index in [1.807, 2.05) is 42.7 Å². The molecule has 3 rings (SSSR count). The van der Waals surface area contributed by atoms with E-state index in [2.05, 4.69) is 56.4 Å². The van der Waals surface area contributed by atoms with Gasteiger partial charge >= 0.3 is 0 Å². The lowest BCUT2D eigenvalue weighted by Crippen LogP contribution is -2.38. The Labute approximate surface area is 171 Å². The number of imidazole rings is 1. The molecule has 0 bridgehead atoms. The first-order chi connectivity index (χ1) is 13.8. The van der Waals surface area contributed by atoms with Crippen molar-refractivity contribution in [1.82, 2.24) is 20.2 Å². The van der Waals surface area contributed by atoms with Crippen molar-refractivity contribution in [2.75, 3.05) is 13.1 Å². The Morgan fingerprint density at radius 3 is 2.64 bits per heavy atom. The fourth-order valence-corrected chi connectivity index (χ4v) is 3.11. The van der Waals surface area contributed by atoms with Crippen molar-refractivity contribution in [3.63, 3.8) is 0 Å². The summed E-state index contributed by atoms with van der Waals surface area (Å²) in [7, 11) is 0. The van der Waals surface area contributed by atoms with Crippen molar-refractivity contribution in [2.45, 2.75) is 26.4 Å². The molecule has 0 amide bonds. The normalized spacial score (nSPS) is 11.4. The SMILES string of the molecule is CCNC(=NCc1ccccc1Cl)NCCc1nccn1Cc1ccccc1. The maximum Gasteiger partial charge on any atom is 0.191 e. The van der Waals surface area contributed by atoms with Crippen molar-refractivity contribution < 1.29 is 0 Å². The summed E-state index contributed by atoms with van der Waals surface area (Å²) >= 11 is 6.22. The lowest BCUT2D eigenvalue weighted by Gasteiger charge is -2.12. The number of guanidine groups is 1. The number of aromatic nitrogens is 2. The molecule has 0 aliphatic rings. The van der Waals surface area contributed by atoms with Gasteiger partial charge in [-0.25, -0.2) is 9.98 Å². The molecule has 1 heterocycles. The maximum absolute atomic E-state index is 6.22. The summed E-state index contributed by atoms with van der Waals surface area (Å²) in [5.74, 6) is 1.84. The molecule has 28 heavy (non-hydrogen) atoms. The molecule has 2 aromatic carbocycles. The average molecular weight is 396 g/mol. The molecular formula is C22H26ClN5. The summed E-state index contributed by atoms with van der Waals surface area (Å²) in [5.41, 5.74) is 2.28. The first kappa shape index (κ1) is 20.0. The van der Waals surface area contributed by atoms with E-state index in [1.54, 1.807) is 0 Å². The van der Waals surface area contributed by atoms with E-state index in [1.165, 1.54) is 5.56 Å². The number of rotatable bonds is 8. The van der Waals surface area contributed by atoms with Crippen LogP contribution in [0.3, 0.4) is 0 Å². The zero-order valence-electron chi connectivity index (χ0n) is 16.1. The van der Waals surface area contributed by atoms with Gasteiger partial charge in [-0.05, 0) is 24.1 Å². The van der Waals surface area contributed by atoms with E-state index in [0.29, 0.717) is 6.54 Å². The first-order valence-electron chi connectivity index (χ1n) is 9.55. The molecule has 2 N–H and O–H groups in total. The highest BCUT2D eigenvalue weighted by molar-refractivity contribution is 6.31. The van der Waals surface area contributed by atoms with E-state index in [-0.39, 0.29) is 0 Å². The van der Waals surface area contributed by atoms with Gasteiger partial charge < -0.3 is 15.2 Å². The fourth-order valence-electron chi connectivity index (χ4n) is 2.92. The zero-order chi connectivity index (χ0) is 19.6. The van der Waals surface area contributed by atoms with Crippen LogP contribution in [0.1, 0.15) is 23.9 Å². The van der Waals surface area contributed by atoms with E-state index in [9.17, 15) is 0 Å². The topological polar surface area (TPSA) is 54.2 Å². The third-order valence-electron chi connectivity index (χ3n) is 4.35. The van der Waals surface area contributed by atoms with Crippen LogP contribution in [0, 0.1) is 0 Å². The number of nitrogens with zero attached hydrogens (tertiary/aromatic N) is 3. The molecule has 6 heteroatoms. The maximum atomic E-state index is 6.22. The number of halogens is 1. The molecular weight excluding hydrogens is 370 g/mol. The van der Waals surface area contributed by atoms with Crippen molar-refractivity contribution in [3.05, 3.63) is 89.0 Å². The molecule has 0 saturated carbocycles. The summed E-state index contributed by atoms with van der Waals surface area (Å²) in [6.45, 7) is 4.98. The van der Waals surface area contributed by atoms with Gasteiger partial charge in [0.25, 0.3) is 0 Å². The molecule has 0 aliphatic carbocycles. The van der Waals surface area contributed by atoms with Gasteiger partial charge in [0.2, 0.25) is 0 Å². The van der Waals surface area contributed by atoms with Crippen LogP contribution in [0.2, 0.25) is 5.02 Å². The molecule has 3 aromatic rings. The number of aliphatic imine (C=N–C) groups is 1. The molecule has 0 radical (unpaired) electrons. The van der Waals surface area contributed by atoms with Crippen molar-refractivity contribution in [2.24, 2.45) is 4.99 Å². The van der Waals surface area contributed by atoms with Crippen molar-refractivity contribution >= 4 is 17.6 Å². The highest BCUT2D eigenvalue weighted by atomic mass is 35.5. The highest BCUT2D eigenvalue weighted by Gasteiger charge is 2.05. The smallest absolute Gasteiger partial charge is 0.191 e. The predicted octanol–water partition coefficient (Wildman–Crippen LogP) is 3.88. The second-order valence-corrected chi connectivity index (χ2v) is 6.83. The van der Waals surface area contributed by atoms with Gasteiger partial charge in [0.05, 0.1) is 6.54 Å². The van der Waals surface area contributed by atoms with Gasteiger partial charge in [0.15, 0.2) is 5.96 Å². The number of hydrogen-bond acceptors (Lipinski definition) is 2. The van der Waals surface area contributed by atoms with Crippen LogP contribution in [-0.2, 0) is 19.5 Å². The van der Waals surface area contributed by atoms with Gasteiger partial charge in [-0.3, -0.25) is 0 Å². The van der Waals surface area contributed by atoms with Crippen LogP contribution in [-0.4, -0.2) is 28.6 Å². The molecule has 0 spiro atoms. The Morgan fingerprint density at radius 2 is 1.86 bits per heavy atom. The minimum atomic E-state index is 0.539. The summed E-state index contributed by atoms with van der Waals surface area (Å²) in [4.78, 5) is 9.14. The standard InChI is InChI=1S/C22H26ClN5/c1-2-24-22(27-16-19-10-6-7-11-20(19)23)26-13-12-21-25-14-15-28(21)17-18-8-4-3-5-9-18/h3-11,14-15H,2,12-13,16-17H2,1H3,(H2,24,26,27). The Bertz CT molecular complexity index is 889.